The van der Waals surface area contributed by atoms with Crippen LogP contribution in [0.5, 0.6) is 0 Å². The number of benzene rings is 1. The zero-order chi connectivity index (χ0) is 19.0. The molecule has 0 spiro atoms. The zero-order valence-corrected chi connectivity index (χ0v) is 16.3. The minimum atomic E-state index is 0.349. The fourth-order valence-electron chi connectivity index (χ4n) is 3.56. The molecule has 1 fully saturated rings. The summed E-state index contributed by atoms with van der Waals surface area (Å²) in [6.07, 6.45) is 2.76. The smallest absolute Gasteiger partial charge is 0.142 e. The molecule has 1 aliphatic heterocycles. The maximum Gasteiger partial charge on any atom is 0.142 e. The summed E-state index contributed by atoms with van der Waals surface area (Å²) in [5, 5.41) is 7.04. The topological polar surface area (TPSA) is 58.0 Å². The van der Waals surface area contributed by atoms with Crippen LogP contribution in [-0.4, -0.2) is 40.7 Å². The lowest BCUT2D eigenvalue weighted by molar-refractivity contribution is 0.593. The van der Waals surface area contributed by atoms with Crippen LogP contribution in [0.3, 0.4) is 0 Å². The number of aromatic nitrogens is 3. The Morgan fingerprint density at radius 3 is 2.93 bits per heavy atom. The van der Waals surface area contributed by atoms with Gasteiger partial charge in [0.05, 0.1) is 21.9 Å². The Balaban J connectivity index is 1.64. The molecule has 0 aliphatic carbocycles. The molecule has 1 saturated heterocycles. The van der Waals surface area contributed by atoms with E-state index in [9.17, 15) is 0 Å². The van der Waals surface area contributed by atoms with Crippen LogP contribution in [0.25, 0.3) is 22.4 Å². The van der Waals surface area contributed by atoms with Crippen LogP contribution in [0.4, 0.5) is 5.82 Å². The van der Waals surface area contributed by atoms with E-state index in [2.05, 4.69) is 37.7 Å². The van der Waals surface area contributed by atoms with Crippen LogP contribution >= 0.6 is 11.6 Å². The minimum Gasteiger partial charge on any atom is -0.375 e. The molecule has 6 nitrogen and oxygen atoms in total. The lowest BCUT2D eigenvalue weighted by Crippen LogP contribution is -2.35. The van der Waals surface area contributed by atoms with Gasteiger partial charge in [-0.1, -0.05) is 30.3 Å². The van der Waals surface area contributed by atoms with Crippen molar-refractivity contribution < 1.29 is 0 Å². The average molecular weight is 383 g/mol. The van der Waals surface area contributed by atoms with E-state index in [1.165, 1.54) is 0 Å². The number of anilines is 1. The van der Waals surface area contributed by atoms with Crippen LogP contribution in [0.1, 0.15) is 6.42 Å². The summed E-state index contributed by atoms with van der Waals surface area (Å²) in [6, 6.07) is 10.5. The molecule has 2 N–H and O–H groups in total. The molecule has 0 bridgehead atoms. The summed E-state index contributed by atoms with van der Waals surface area (Å²) < 4.78 is 2.07. The molecule has 0 amide bonds. The first kappa shape index (κ1) is 17.7. The quantitative estimate of drug-likeness (QED) is 0.710. The predicted octanol–water partition coefficient (Wildman–Crippen LogP) is 3.15. The number of nitrogens with one attached hydrogen (secondary N) is 2. The molecule has 4 rings (SSSR count). The summed E-state index contributed by atoms with van der Waals surface area (Å²) in [4.78, 5) is 11.6. The van der Waals surface area contributed by atoms with E-state index in [0.717, 1.165) is 53.6 Å². The maximum absolute atomic E-state index is 6.49. The van der Waals surface area contributed by atoms with E-state index >= 15 is 0 Å². The Morgan fingerprint density at radius 1 is 1.33 bits per heavy atom. The van der Waals surface area contributed by atoms with Crippen LogP contribution in [-0.2, 0) is 7.05 Å². The summed E-state index contributed by atoms with van der Waals surface area (Å²) in [7, 11) is 3.88. The van der Waals surface area contributed by atoms with Gasteiger partial charge in [-0.2, -0.15) is 0 Å². The highest BCUT2D eigenvalue weighted by Crippen LogP contribution is 2.32. The molecule has 1 aromatic carbocycles. The SMILES string of the molecule is C=C(NC)NC1CCN(c2cc(-c3nc4ccccc4n3C)c(Cl)cn2)C1. The van der Waals surface area contributed by atoms with Crippen LogP contribution in [0.2, 0.25) is 5.02 Å². The van der Waals surface area contributed by atoms with E-state index in [1.54, 1.807) is 6.20 Å². The summed E-state index contributed by atoms with van der Waals surface area (Å²) in [5.41, 5.74) is 2.94. The molecule has 1 unspecified atom stereocenters. The van der Waals surface area contributed by atoms with Crippen LogP contribution in [0, 0.1) is 0 Å². The lowest BCUT2D eigenvalue weighted by Gasteiger charge is -2.20. The number of imidazole rings is 1. The first-order chi connectivity index (χ1) is 13.1. The molecule has 0 radical (unpaired) electrons. The molecule has 2 aromatic heterocycles. The van der Waals surface area contributed by atoms with Gasteiger partial charge in [0.25, 0.3) is 0 Å². The van der Waals surface area contributed by atoms with Gasteiger partial charge in [0.15, 0.2) is 0 Å². The number of hydrogen-bond donors (Lipinski definition) is 2. The van der Waals surface area contributed by atoms with Gasteiger partial charge in [-0.25, -0.2) is 9.97 Å². The second-order valence-corrected chi connectivity index (χ2v) is 7.22. The number of fused-ring (bicyclic) bond motifs is 1. The average Bonchev–Trinajstić information content (AvgIpc) is 3.27. The van der Waals surface area contributed by atoms with E-state index in [1.807, 2.05) is 38.4 Å². The largest absolute Gasteiger partial charge is 0.375 e. The molecule has 27 heavy (non-hydrogen) atoms. The highest BCUT2D eigenvalue weighted by atomic mass is 35.5. The number of rotatable bonds is 5. The van der Waals surface area contributed by atoms with Gasteiger partial charge in [-0.05, 0) is 24.6 Å². The zero-order valence-electron chi connectivity index (χ0n) is 15.5. The third-order valence-electron chi connectivity index (χ3n) is 5.06. The van der Waals surface area contributed by atoms with Gasteiger partial charge in [-0.3, -0.25) is 0 Å². The Bertz CT molecular complexity index is 995. The van der Waals surface area contributed by atoms with Crippen molar-refractivity contribution >= 4 is 28.5 Å². The number of aryl methyl sites for hydroxylation is 1. The summed E-state index contributed by atoms with van der Waals surface area (Å²) >= 11 is 6.49. The van der Waals surface area contributed by atoms with E-state index in [0.29, 0.717) is 11.1 Å². The van der Waals surface area contributed by atoms with Gasteiger partial charge in [-0.15, -0.1) is 0 Å². The van der Waals surface area contributed by atoms with Crippen molar-refractivity contribution in [3.05, 3.63) is 54.0 Å². The fraction of sp³-hybridized carbons (Fsp3) is 0.300. The molecular formula is C20H23ClN6. The second-order valence-electron chi connectivity index (χ2n) is 6.81. The van der Waals surface area contributed by atoms with Gasteiger partial charge in [0.1, 0.15) is 11.6 Å². The van der Waals surface area contributed by atoms with Gasteiger partial charge < -0.3 is 20.1 Å². The van der Waals surface area contributed by atoms with Gasteiger partial charge in [0, 0.05) is 45.0 Å². The molecule has 0 saturated carbocycles. The highest BCUT2D eigenvalue weighted by Gasteiger charge is 2.24. The summed E-state index contributed by atoms with van der Waals surface area (Å²) in [5.74, 6) is 2.61. The van der Waals surface area contributed by atoms with Gasteiger partial charge >= 0.3 is 0 Å². The normalized spacial score (nSPS) is 16.7. The van der Waals surface area contributed by atoms with Crippen molar-refractivity contribution in [1.82, 2.24) is 25.2 Å². The van der Waals surface area contributed by atoms with E-state index in [4.69, 9.17) is 16.6 Å². The van der Waals surface area contributed by atoms with Crippen molar-refractivity contribution in [1.29, 1.82) is 0 Å². The second kappa shape index (κ2) is 7.12. The van der Waals surface area contributed by atoms with Crippen molar-refractivity contribution in [3.63, 3.8) is 0 Å². The number of halogens is 1. The molecule has 140 valence electrons. The number of nitrogens with zero attached hydrogens (tertiary/aromatic N) is 4. The van der Waals surface area contributed by atoms with Crippen molar-refractivity contribution in [3.8, 4) is 11.4 Å². The van der Waals surface area contributed by atoms with Gasteiger partial charge in [0.2, 0.25) is 0 Å². The first-order valence-corrected chi connectivity index (χ1v) is 9.40. The monoisotopic (exact) mass is 382 g/mol. The molecule has 1 atom stereocenters. The van der Waals surface area contributed by atoms with Crippen LogP contribution in [0.15, 0.2) is 48.9 Å². The predicted molar refractivity (Wildman–Crippen MR) is 111 cm³/mol. The first-order valence-electron chi connectivity index (χ1n) is 9.02. The maximum atomic E-state index is 6.49. The highest BCUT2D eigenvalue weighted by molar-refractivity contribution is 6.33. The molecular weight excluding hydrogens is 360 g/mol. The minimum absolute atomic E-state index is 0.349. The molecule has 3 aromatic rings. The van der Waals surface area contributed by atoms with Crippen molar-refractivity contribution in [2.75, 3.05) is 25.0 Å². The lowest BCUT2D eigenvalue weighted by atomic mass is 10.2. The standard InChI is InChI=1S/C20H23ClN6/c1-13(22-2)24-14-8-9-27(12-14)19-10-15(16(21)11-23-19)20-25-17-6-4-5-7-18(17)26(20)3/h4-7,10-11,14,22,24H,1,8-9,12H2,2-3H3. The number of pyridine rings is 1. The Hall–Kier alpha value is -2.73. The molecule has 3 heterocycles. The van der Waals surface area contributed by atoms with Crippen LogP contribution < -0.4 is 15.5 Å². The van der Waals surface area contributed by atoms with E-state index in [-0.39, 0.29) is 0 Å². The van der Waals surface area contributed by atoms with Crippen molar-refractivity contribution in [2.45, 2.75) is 12.5 Å². The summed E-state index contributed by atoms with van der Waals surface area (Å²) in [6.45, 7) is 5.75. The number of hydrogen-bond acceptors (Lipinski definition) is 5. The third kappa shape index (κ3) is 3.32. The molecule has 1 aliphatic rings. The van der Waals surface area contributed by atoms with Crippen molar-refractivity contribution in [2.24, 2.45) is 7.05 Å². The Morgan fingerprint density at radius 2 is 2.15 bits per heavy atom. The molecule has 7 heteroatoms. The number of para-hydroxylation sites is 2. The van der Waals surface area contributed by atoms with E-state index < -0.39 is 0 Å². The third-order valence-corrected chi connectivity index (χ3v) is 5.36. The Kier molecular flexibility index (Phi) is 4.66. The Labute approximate surface area is 163 Å². The fourth-order valence-corrected chi connectivity index (χ4v) is 3.75.